The number of aromatic nitrogens is 1. The van der Waals surface area contributed by atoms with Crippen molar-refractivity contribution >= 4 is 16.8 Å². The van der Waals surface area contributed by atoms with E-state index in [1.54, 1.807) is 22.6 Å². The molecule has 5 heteroatoms. The Morgan fingerprint density at radius 1 is 1.42 bits per heavy atom. The van der Waals surface area contributed by atoms with E-state index in [2.05, 4.69) is 0 Å². The van der Waals surface area contributed by atoms with E-state index in [-0.39, 0.29) is 18.3 Å². The van der Waals surface area contributed by atoms with Crippen LogP contribution in [0.4, 0.5) is 4.39 Å². The Kier molecular flexibility index (Phi) is 2.78. The van der Waals surface area contributed by atoms with Gasteiger partial charge in [-0.1, -0.05) is 0 Å². The van der Waals surface area contributed by atoms with Crippen LogP contribution in [0.25, 0.3) is 10.9 Å². The molecule has 19 heavy (non-hydrogen) atoms. The highest BCUT2D eigenvalue weighted by Crippen LogP contribution is 2.30. The van der Waals surface area contributed by atoms with Crippen molar-refractivity contribution in [3.63, 3.8) is 0 Å². The zero-order chi connectivity index (χ0) is 13.6. The smallest absolute Gasteiger partial charge is 0.270 e. The molecule has 0 atom stereocenters. The number of amides is 1. The Morgan fingerprint density at radius 3 is 2.95 bits per heavy atom. The van der Waals surface area contributed by atoms with Crippen LogP contribution < -0.4 is 0 Å². The fraction of sp³-hybridized carbons (Fsp3) is 0.357. The molecular weight excluding hydrogens is 247 g/mol. The number of aliphatic hydroxyl groups excluding tert-OH is 1. The molecule has 100 valence electrons. The van der Waals surface area contributed by atoms with E-state index in [1.807, 2.05) is 0 Å². The number of likely N-dealkylation sites (N-methyl/N-ethyl adjacent to an activating group) is 1. The van der Waals surface area contributed by atoms with Gasteiger partial charge >= 0.3 is 0 Å². The molecule has 2 heterocycles. The summed E-state index contributed by atoms with van der Waals surface area (Å²) >= 11 is 0. The van der Waals surface area contributed by atoms with Gasteiger partial charge in [0.05, 0.1) is 6.61 Å². The molecule has 0 bridgehead atoms. The van der Waals surface area contributed by atoms with E-state index < -0.39 is 0 Å². The minimum atomic E-state index is -0.303. The average Bonchev–Trinajstić information content (AvgIpc) is 2.69. The van der Waals surface area contributed by atoms with Gasteiger partial charge in [-0.2, -0.15) is 0 Å². The van der Waals surface area contributed by atoms with E-state index >= 15 is 0 Å². The lowest BCUT2D eigenvalue weighted by Gasteiger charge is -2.24. The third-order valence-electron chi connectivity index (χ3n) is 3.70. The lowest BCUT2D eigenvalue weighted by molar-refractivity contribution is 0.0769. The fourth-order valence-corrected chi connectivity index (χ4v) is 2.79. The predicted octanol–water partition coefficient (Wildman–Crippen LogP) is 1.40. The molecule has 4 nitrogen and oxygen atoms in total. The zero-order valence-electron chi connectivity index (χ0n) is 10.7. The van der Waals surface area contributed by atoms with Gasteiger partial charge in [-0.15, -0.1) is 0 Å². The second-order valence-corrected chi connectivity index (χ2v) is 4.84. The van der Waals surface area contributed by atoms with E-state index in [4.69, 9.17) is 0 Å². The van der Waals surface area contributed by atoms with E-state index in [1.165, 1.54) is 12.1 Å². The van der Waals surface area contributed by atoms with Crippen LogP contribution in [-0.4, -0.2) is 40.7 Å². The van der Waals surface area contributed by atoms with Gasteiger partial charge in [-0.25, -0.2) is 4.39 Å². The minimum Gasteiger partial charge on any atom is -0.395 e. The van der Waals surface area contributed by atoms with Gasteiger partial charge in [0, 0.05) is 31.0 Å². The van der Waals surface area contributed by atoms with Gasteiger partial charge in [-0.05, 0) is 30.2 Å². The summed E-state index contributed by atoms with van der Waals surface area (Å²) in [5.74, 6) is -0.367. The molecule has 3 rings (SSSR count). The summed E-state index contributed by atoms with van der Waals surface area (Å²) in [5.41, 5.74) is 2.29. The molecule has 1 aromatic carbocycles. The van der Waals surface area contributed by atoms with E-state index in [9.17, 15) is 14.3 Å². The second kappa shape index (κ2) is 4.35. The topological polar surface area (TPSA) is 45.5 Å². The SMILES string of the molecule is CN1CCc2c(n(CCO)c3ccc(F)cc23)C1=O. The maximum atomic E-state index is 13.4. The van der Waals surface area contributed by atoms with Crippen LogP contribution in [0.3, 0.4) is 0 Å². The molecule has 1 aliphatic heterocycles. The standard InChI is InChI=1S/C14H15FN2O2/c1-16-5-4-10-11-8-9(15)2-3-12(11)17(6-7-18)13(10)14(16)19/h2-3,8,18H,4-7H2,1H3. The van der Waals surface area contributed by atoms with E-state index in [0.717, 1.165) is 22.9 Å². The Balaban J connectivity index is 2.34. The van der Waals surface area contributed by atoms with Crippen LogP contribution in [0, 0.1) is 5.82 Å². The lowest BCUT2D eigenvalue weighted by Crippen LogP contribution is -2.35. The zero-order valence-corrected chi connectivity index (χ0v) is 10.7. The highest BCUT2D eigenvalue weighted by molar-refractivity contribution is 6.02. The number of halogens is 1. The molecule has 0 spiro atoms. The van der Waals surface area contributed by atoms with Crippen LogP contribution in [-0.2, 0) is 13.0 Å². The molecule has 0 aliphatic carbocycles. The Morgan fingerprint density at radius 2 is 2.21 bits per heavy atom. The summed E-state index contributed by atoms with van der Waals surface area (Å²) in [4.78, 5) is 14.0. The Bertz CT molecular complexity index is 663. The second-order valence-electron chi connectivity index (χ2n) is 4.84. The number of nitrogens with zero attached hydrogens (tertiary/aromatic N) is 2. The van der Waals surface area contributed by atoms with Crippen LogP contribution >= 0.6 is 0 Å². The number of rotatable bonds is 2. The van der Waals surface area contributed by atoms with E-state index in [0.29, 0.717) is 18.8 Å². The quantitative estimate of drug-likeness (QED) is 0.889. The molecular formula is C14H15FN2O2. The Hall–Kier alpha value is -1.88. The maximum absolute atomic E-state index is 13.4. The van der Waals surface area contributed by atoms with Crippen LogP contribution in [0.5, 0.6) is 0 Å². The molecule has 1 aromatic heterocycles. The maximum Gasteiger partial charge on any atom is 0.270 e. The molecule has 0 saturated heterocycles. The van der Waals surface area contributed by atoms with Crippen LogP contribution in [0.15, 0.2) is 18.2 Å². The summed E-state index contributed by atoms with van der Waals surface area (Å²) < 4.78 is 15.2. The first kappa shape index (κ1) is 12.2. The van der Waals surface area contributed by atoms with Gasteiger partial charge < -0.3 is 14.6 Å². The molecule has 0 unspecified atom stereocenters. The molecule has 1 amide bonds. The number of fused-ring (bicyclic) bond motifs is 3. The lowest BCUT2D eigenvalue weighted by atomic mass is 10.0. The molecule has 0 radical (unpaired) electrons. The number of carbonyl (C=O) groups is 1. The number of hydrogen-bond donors (Lipinski definition) is 1. The third kappa shape index (κ3) is 1.73. The van der Waals surface area contributed by atoms with Gasteiger partial charge in [0.25, 0.3) is 5.91 Å². The van der Waals surface area contributed by atoms with Gasteiger partial charge in [0.1, 0.15) is 11.5 Å². The fourth-order valence-electron chi connectivity index (χ4n) is 2.79. The number of carbonyl (C=O) groups excluding carboxylic acids is 1. The van der Waals surface area contributed by atoms with Gasteiger partial charge in [0.15, 0.2) is 0 Å². The molecule has 2 aromatic rings. The van der Waals surface area contributed by atoms with Crippen molar-refractivity contribution in [3.8, 4) is 0 Å². The molecule has 1 aliphatic rings. The summed E-state index contributed by atoms with van der Waals surface area (Å²) in [6.07, 6.45) is 0.718. The summed E-state index contributed by atoms with van der Waals surface area (Å²) in [6.45, 7) is 0.933. The van der Waals surface area contributed by atoms with Crippen molar-refractivity contribution in [3.05, 3.63) is 35.3 Å². The van der Waals surface area contributed by atoms with Crippen molar-refractivity contribution in [2.24, 2.45) is 0 Å². The molecule has 0 fully saturated rings. The normalized spacial score (nSPS) is 15.1. The van der Waals surface area contributed by atoms with Crippen molar-refractivity contribution in [2.75, 3.05) is 20.2 Å². The van der Waals surface area contributed by atoms with Crippen molar-refractivity contribution in [2.45, 2.75) is 13.0 Å². The highest BCUT2D eigenvalue weighted by atomic mass is 19.1. The number of benzene rings is 1. The van der Waals surface area contributed by atoms with Crippen molar-refractivity contribution in [1.82, 2.24) is 9.47 Å². The average molecular weight is 262 g/mol. The number of aliphatic hydroxyl groups is 1. The highest BCUT2D eigenvalue weighted by Gasteiger charge is 2.28. The summed E-state index contributed by atoms with van der Waals surface area (Å²) in [7, 11) is 1.76. The largest absolute Gasteiger partial charge is 0.395 e. The summed E-state index contributed by atoms with van der Waals surface area (Å²) in [5, 5.41) is 9.97. The molecule has 1 N–H and O–H groups in total. The summed E-state index contributed by atoms with van der Waals surface area (Å²) in [6, 6.07) is 4.53. The number of hydrogen-bond acceptors (Lipinski definition) is 2. The van der Waals surface area contributed by atoms with Gasteiger partial charge in [-0.3, -0.25) is 4.79 Å². The Labute approximate surface area is 110 Å². The first-order valence-corrected chi connectivity index (χ1v) is 6.30. The molecule has 0 saturated carbocycles. The van der Waals surface area contributed by atoms with Crippen LogP contribution in [0.2, 0.25) is 0 Å². The van der Waals surface area contributed by atoms with Crippen LogP contribution in [0.1, 0.15) is 16.1 Å². The first-order valence-electron chi connectivity index (χ1n) is 6.30. The van der Waals surface area contributed by atoms with Gasteiger partial charge in [0.2, 0.25) is 0 Å². The third-order valence-corrected chi connectivity index (χ3v) is 3.70. The predicted molar refractivity (Wildman–Crippen MR) is 69.6 cm³/mol. The first-order chi connectivity index (χ1) is 9.13. The van der Waals surface area contributed by atoms with Crippen molar-refractivity contribution < 1.29 is 14.3 Å². The van der Waals surface area contributed by atoms with Crippen molar-refractivity contribution in [1.29, 1.82) is 0 Å². The minimum absolute atomic E-state index is 0.0510. The monoisotopic (exact) mass is 262 g/mol.